The van der Waals surface area contributed by atoms with Crippen molar-refractivity contribution in [3.63, 3.8) is 0 Å². The zero-order valence-corrected chi connectivity index (χ0v) is 19.8. The maximum absolute atomic E-state index is 12.9. The highest BCUT2D eigenvalue weighted by molar-refractivity contribution is 9.18. The predicted molar refractivity (Wildman–Crippen MR) is 132 cm³/mol. The zero-order chi connectivity index (χ0) is 23.9. The van der Waals surface area contributed by atoms with E-state index in [1.54, 1.807) is 12.1 Å². The minimum atomic E-state index is -0.681. The first-order chi connectivity index (χ1) is 16.5. The smallest absolute Gasteiger partial charge is 0.407 e. The Kier molecular flexibility index (Phi) is 7.64. The monoisotopic (exact) mass is 525 g/mol. The minimum absolute atomic E-state index is 0.0267. The summed E-state index contributed by atoms with van der Waals surface area (Å²) in [5, 5.41) is 21.1. The number of rotatable bonds is 8. The highest BCUT2D eigenvalue weighted by atomic mass is 79.9. The van der Waals surface area contributed by atoms with Gasteiger partial charge in [-0.2, -0.15) is 0 Å². The number of hydrogen-bond acceptors (Lipinski definition) is 6. The number of hydrogen-bond donors (Lipinski definition) is 3. The average Bonchev–Trinajstić information content (AvgIpc) is 3.27. The maximum Gasteiger partial charge on any atom is 0.407 e. The van der Waals surface area contributed by atoms with Crippen LogP contribution in [0.1, 0.15) is 23.5 Å². The summed E-state index contributed by atoms with van der Waals surface area (Å²) >= 11 is 3.27. The highest BCUT2D eigenvalue weighted by Crippen LogP contribution is 2.20. The number of nitrogens with zero attached hydrogens (tertiary/aromatic N) is 1. The molecule has 0 bridgehead atoms. The van der Waals surface area contributed by atoms with Crippen LogP contribution in [0.4, 0.5) is 4.79 Å². The second-order valence-electron chi connectivity index (χ2n) is 7.93. The standard InChI is InChI=1S/C25H24BrN3O5/c26-23-12-21(34-29-23)13-27-24(31)22(18-7-9-20(30)10-8-18)14-28-25(32)33-15-16-5-6-17-3-1-2-4-19(17)11-16/h1-11,21-22,30H,12-15H2,(H,27,31)(H,28,32)/t21?,22-/m0/s1. The Morgan fingerprint density at radius 1 is 1.09 bits per heavy atom. The average molecular weight is 526 g/mol. The molecule has 176 valence electrons. The zero-order valence-electron chi connectivity index (χ0n) is 18.2. The highest BCUT2D eigenvalue weighted by Gasteiger charge is 2.25. The molecule has 2 atom stereocenters. The first kappa shape index (κ1) is 23.6. The number of nitrogens with one attached hydrogen (secondary N) is 2. The summed E-state index contributed by atoms with van der Waals surface area (Å²) < 4.78 is 6.05. The Morgan fingerprint density at radius 3 is 2.59 bits per heavy atom. The van der Waals surface area contributed by atoms with Gasteiger partial charge in [0.1, 0.15) is 17.0 Å². The van der Waals surface area contributed by atoms with Crippen LogP contribution in [0.2, 0.25) is 0 Å². The van der Waals surface area contributed by atoms with Crippen LogP contribution >= 0.6 is 15.9 Å². The van der Waals surface area contributed by atoms with Gasteiger partial charge in [0.2, 0.25) is 5.91 Å². The molecular weight excluding hydrogens is 502 g/mol. The van der Waals surface area contributed by atoms with E-state index >= 15 is 0 Å². The van der Waals surface area contributed by atoms with Gasteiger partial charge in [-0.15, -0.1) is 0 Å². The number of carbonyl (C=O) groups is 2. The number of fused-ring (bicyclic) bond motifs is 1. The molecule has 8 nitrogen and oxygen atoms in total. The summed E-state index contributed by atoms with van der Waals surface area (Å²) in [6, 6.07) is 20.1. The topological polar surface area (TPSA) is 109 Å². The number of aromatic hydroxyl groups is 1. The van der Waals surface area contributed by atoms with E-state index in [-0.39, 0.29) is 37.5 Å². The molecular formula is C25H24BrN3O5. The Balaban J connectivity index is 1.33. The first-order valence-electron chi connectivity index (χ1n) is 10.8. The van der Waals surface area contributed by atoms with E-state index in [1.165, 1.54) is 12.1 Å². The second-order valence-corrected chi connectivity index (χ2v) is 8.84. The summed E-state index contributed by atoms with van der Waals surface area (Å²) in [7, 11) is 0. The lowest BCUT2D eigenvalue weighted by molar-refractivity contribution is -0.123. The van der Waals surface area contributed by atoms with Crippen molar-refractivity contribution < 1.29 is 24.3 Å². The fourth-order valence-corrected chi connectivity index (χ4v) is 4.07. The van der Waals surface area contributed by atoms with Gasteiger partial charge in [0.05, 0.1) is 12.5 Å². The SMILES string of the molecule is O=C(NC[C@H](C(=O)NCC1CC(Br)=NO1)c1ccc(O)cc1)OCc1ccc2ccccc2c1. The molecule has 3 N–H and O–H groups in total. The van der Waals surface area contributed by atoms with Crippen LogP contribution in [0.5, 0.6) is 5.75 Å². The number of oxime groups is 1. The van der Waals surface area contributed by atoms with Crippen molar-refractivity contribution in [2.24, 2.45) is 5.16 Å². The lowest BCUT2D eigenvalue weighted by Gasteiger charge is -2.19. The van der Waals surface area contributed by atoms with Crippen molar-refractivity contribution in [1.82, 2.24) is 10.6 Å². The van der Waals surface area contributed by atoms with Crippen molar-refractivity contribution in [3.05, 3.63) is 77.9 Å². The molecule has 0 fully saturated rings. The lowest BCUT2D eigenvalue weighted by Crippen LogP contribution is -2.40. The molecule has 0 aliphatic carbocycles. The molecule has 0 saturated carbocycles. The van der Waals surface area contributed by atoms with E-state index in [2.05, 4.69) is 31.7 Å². The van der Waals surface area contributed by atoms with Crippen LogP contribution in [0.15, 0.2) is 71.9 Å². The molecule has 1 aliphatic rings. The van der Waals surface area contributed by atoms with Crippen molar-refractivity contribution in [1.29, 1.82) is 0 Å². The third-order valence-electron chi connectivity index (χ3n) is 5.45. The van der Waals surface area contributed by atoms with Gasteiger partial charge in [0.25, 0.3) is 0 Å². The van der Waals surface area contributed by atoms with Gasteiger partial charge in [-0.1, -0.05) is 53.7 Å². The molecule has 3 aromatic rings. The van der Waals surface area contributed by atoms with Crippen LogP contribution in [0.25, 0.3) is 10.8 Å². The predicted octanol–water partition coefficient (Wildman–Crippen LogP) is 4.17. The number of alkyl carbamates (subject to hydrolysis) is 1. The van der Waals surface area contributed by atoms with E-state index in [0.717, 1.165) is 16.3 Å². The second kappa shape index (κ2) is 11.0. The molecule has 1 heterocycles. The molecule has 34 heavy (non-hydrogen) atoms. The Bertz CT molecular complexity index is 1200. The van der Waals surface area contributed by atoms with Gasteiger partial charge in [-0.05, 0) is 56.0 Å². The molecule has 1 unspecified atom stereocenters. The van der Waals surface area contributed by atoms with Crippen LogP contribution in [0, 0.1) is 0 Å². The van der Waals surface area contributed by atoms with Gasteiger partial charge in [0, 0.05) is 13.0 Å². The van der Waals surface area contributed by atoms with Crippen molar-refractivity contribution in [2.75, 3.05) is 13.1 Å². The molecule has 0 saturated heterocycles. The van der Waals surface area contributed by atoms with Crippen LogP contribution in [-0.2, 0) is 21.0 Å². The Morgan fingerprint density at radius 2 is 1.85 bits per heavy atom. The van der Waals surface area contributed by atoms with E-state index in [1.807, 2.05) is 42.5 Å². The van der Waals surface area contributed by atoms with E-state index in [0.29, 0.717) is 16.6 Å². The van der Waals surface area contributed by atoms with E-state index in [4.69, 9.17) is 9.57 Å². The molecule has 0 radical (unpaired) electrons. The lowest BCUT2D eigenvalue weighted by atomic mass is 9.98. The quantitative estimate of drug-likeness (QED) is 0.408. The maximum atomic E-state index is 12.9. The Hall–Kier alpha value is -3.59. The number of carbonyl (C=O) groups excluding carboxylic acids is 2. The van der Waals surface area contributed by atoms with Crippen molar-refractivity contribution >= 4 is 43.3 Å². The third kappa shape index (κ3) is 6.26. The summed E-state index contributed by atoms with van der Waals surface area (Å²) in [6.45, 7) is 0.415. The van der Waals surface area contributed by atoms with Crippen molar-refractivity contribution in [2.45, 2.75) is 25.0 Å². The van der Waals surface area contributed by atoms with E-state index < -0.39 is 12.0 Å². The normalized spacial score (nSPS) is 15.8. The number of benzene rings is 3. The van der Waals surface area contributed by atoms with Gasteiger partial charge < -0.3 is 25.3 Å². The molecule has 0 spiro atoms. The first-order valence-corrected chi connectivity index (χ1v) is 11.6. The number of halogens is 1. The number of amides is 2. The molecule has 1 aliphatic heterocycles. The minimum Gasteiger partial charge on any atom is -0.508 e. The Labute approximate surface area is 205 Å². The molecule has 9 heteroatoms. The van der Waals surface area contributed by atoms with Crippen LogP contribution in [0.3, 0.4) is 0 Å². The number of ether oxygens (including phenoxy) is 1. The third-order valence-corrected chi connectivity index (χ3v) is 5.92. The fourth-order valence-electron chi connectivity index (χ4n) is 3.62. The van der Waals surface area contributed by atoms with Gasteiger partial charge in [0.15, 0.2) is 6.10 Å². The summed E-state index contributed by atoms with van der Waals surface area (Å²) in [5.41, 5.74) is 1.52. The van der Waals surface area contributed by atoms with Crippen LogP contribution in [-0.4, -0.2) is 40.9 Å². The number of phenolic OH excluding ortho intramolecular Hbond substituents is 1. The molecule has 3 aromatic carbocycles. The fraction of sp³-hybridized carbons (Fsp3) is 0.240. The van der Waals surface area contributed by atoms with Gasteiger partial charge in [-0.25, -0.2) is 4.79 Å². The molecule has 2 amide bonds. The number of phenols is 1. The van der Waals surface area contributed by atoms with Crippen molar-refractivity contribution in [3.8, 4) is 5.75 Å². The molecule has 4 rings (SSSR count). The summed E-state index contributed by atoms with van der Waals surface area (Å²) in [6.07, 6.45) is -0.302. The largest absolute Gasteiger partial charge is 0.508 e. The van der Waals surface area contributed by atoms with Gasteiger partial charge in [-0.3, -0.25) is 4.79 Å². The summed E-state index contributed by atoms with van der Waals surface area (Å²) in [5.74, 6) is -0.876. The van der Waals surface area contributed by atoms with E-state index in [9.17, 15) is 14.7 Å². The van der Waals surface area contributed by atoms with Crippen LogP contribution < -0.4 is 10.6 Å². The summed E-state index contributed by atoms with van der Waals surface area (Å²) in [4.78, 5) is 30.5. The van der Waals surface area contributed by atoms with Gasteiger partial charge >= 0.3 is 6.09 Å². The molecule has 0 aromatic heterocycles.